The summed E-state index contributed by atoms with van der Waals surface area (Å²) < 4.78 is 0. The predicted molar refractivity (Wildman–Crippen MR) is 85.2 cm³/mol. The Morgan fingerprint density at radius 3 is 2.33 bits per heavy atom. The van der Waals surface area contributed by atoms with Crippen LogP contribution in [0.2, 0.25) is 0 Å². The highest BCUT2D eigenvalue weighted by Crippen LogP contribution is 2.56. The lowest BCUT2D eigenvalue weighted by atomic mass is 9.54. The van der Waals surface area contributed by atoms with E-state index in [0.29, 0.717) is 16.3 Å². The highest BCUT2D eigenvalue weighted by atomic mass is 32.2. The van der Waals surface area contributed by atoms with Crippen LogP contribution >= 0.6 is 0 Å². The van der Waals surface area contributed by atoms with E-state index in [1.165, 1.54) is 32.1 Å². The summed E-state index contributed by atoms with van der Waals surface area (Å²) in [7, 11) is 0.603. The summed E-state index contributed by atoms with van der Waals surface area (Å²) in [5, 5.41) is 1.01. The zero-order chi connectivity index (χ0) is 13.5. The van der Waals surface area contributed by atoms with Crippen LogP contribution in [0.4, 0.5) is 0 Å². The van der Waals surface area contributed by atoms with Gasteiger partial charge in [-0.15, -0.1) is 0 Å². The van der Waals surface area contributed by atoms with Crippen LogP contribution in [0.5, 0.6) is 0 Å². The van der Waals surface area contributed by atoms with Gasteiger partial charge in [0.1, 0.15) is 5.25 Å². The van der Waals surface area contributed by atoms with E-state index in [2.05, 4.69) is 40.2 Å². The summed E-state index contributed by atoms with van der Waals surface area (Å²) in [6, 6.07) is 0. The fourth-order valence-corrected chi connectivity index (χ4v) is 6.98. The third-order valence-electron chi connectivity index (χ3n) is 6.28. The van der Waals surface area contributed by atoms with Gasteiger partial charge in [0.15, 0.2) is 0 Å². The van der Waals surface area contributed by atoms with Gasteiger partial charge in [-0.3, -0.25) is 0 Å². The summed E-state index contributed by atoms with van der Waals surface area (Å²) in [6.45, 7) is 10.0. The Labute approximate surface area is 118 Å². The van der Waals surface area contributed by atoms with E-state index in [-0.39, 0.29) is 0 Å². The molecule has 0 bridgehead atoms. The molecule has 0 saturated heterocycles. The Morgan fingerprint density at radius 1 is 1.11 bits per heavy atom. The van der Waals surface area contributed by atoms with Crippen molar-refractivity contribution in [2.45, 2.75) is 65.0 Å². The van der Waals surface area contributed by atoms with E-state index in [0.717, 1.165) is 28.9 Å². The van der Waals surface area contributed by atoms with Crippen molar-refractivity contribution >= 4 is 10.9 Å². The van der Waals surface area contributed by atoms with Crippen LogP contribution in [0.15, 0.2) is 0 Å². The van der Waals surface area contributed by atoms with E-state index in [9.17, 15) is 0 Å². The molecule has 2 rings (SSSR count). The van der Waals surface area contributed by atoms with Crippen molar-refractivity contribution in [2.75, 3.05) is 12.5 Å². The fourth-order valence-electron chi connectivity index (χ4n) is 5.00. The highest BCUT2D eigenvalue weighted by Gasteiger charge is 2.54. The zero-order valence-electron chi connectivity index (χ0n) is 13.3. The first kappa shape index (κ1) is 14.8. The minimum atomic E-state index is 0.603. The molecule has 1 heteroatoms. The number of hydrogen-bond donors (Lipinski definition) is 0. The lowest BCUT2D eigenvalue weighted by molar-refractivity contribution is -0.00434. The van der Waals surface area contributed by atoms with Crippen LogP contribution in [-0.2, 0) is 10.9 Å². The predicted octanol–water partition coefficient (Wildman–Crippen LogP) is 4.74. The maximum Gasteiger partial charge on any atom is 0.123 e. The van der Waals surface area contributed by atoms with Crippen molar-refractivity contribution in [1.82, 2.24) is 0 Å². The molecule has 0 heterocycles. The molecule has 2 saturated carbocycles. The topological polar surface area (TPSA) is 0 Å². The SMILES string of the molecule is CC(C)[C@@H]1CC[C@@]2(C)C([S+](C)C)CC[C@H](C)[C@@H]2C1. The second-order valence-corrected chi connectivity index (χ2v) is 10.1. The molecule has 0 N–H and O–H groups in total. The molecule has 5 atom stereocenters. The zero-order valence-corrected chi connectivity index (χ0v) is 14.1. The Hall–Kier alpha value is 0.350. The molecule has 0 aromatic rings. The van der Waals surface area contributed by atoms with Gasteiger partial charge in [0, 0.05) is 5.41 Å². The average molecular weight is 270 g/mol. The largest absolute Gasteiger partial charge is 0.123 e. The lowest BCUT2D eigenvalue weighted by Crippen LogP contribution is -2.52. The summed E-state index contributed by atoms with van der Waals surface area (Å²) >= 11 is 0. The van der Waals surface area contributed by atoms with E-state index in [4.69, 9.17) is 0 Å². The van der Waals surface area contributed by atoms with Gasteiger partial charge in [-0.1, -0.05) is 27.7 Å². The van der Waals surface area contributed by atoms with Crippen LogP contribution < -0.4 is 0 Å². The quantitative estimate of drug-likeness (QED) is 0.635. The first-order valence-electron chi connectivity index (χ1n) is 7.92. The highest BCUT2D eigenvalue weighted by molar-refractivity contribution is 7.96. The second-order valence-electron chi connectivity index (χ2n) is 7.81. The Kier molecular flexibility index (Phi) is 4.41. The van der Waals surface area contributed by atoms with Crippen molar-refractivity contribution in [1.29, 1.82) is 0 Å². The molecule has 0 amide bonds. The van der Waals surface area contributed by atoms with Crippen LogP contribution in [0, 0.1) is 29.1 Å². The fraction of sp³-hybridized carbons (Fsp3) is 1.00. The van der Waals surface area contributed by atoms with Crippen LogP contribution in [-0.4, -0.2) is 17.8 Å². The molecule has 2 fully saturated rings. The third-order valence-corrected chi connectivity index (χ3v) is 8.19. The summed E-state index contributed by atoms with van der Waals surface area (Å²) in [6.07, 6.45) is 12.5. The molecule has 106 valence electrons. The Balaban J connectivity index is 2.20. The van der Waals surface area contributed by atoms with Crippen molar-refractivity contribution in [3.8, 4) is 0 Å². The minimum absolute atomic E-state index is 0.603. The average Bonchev–Trinajstić information content (AvgIpc) is 2.27. The van der Waals surface area contributed by atoms with Gasteiger partial charge in [-0.25, -0.2) is 0 Å². The van der Waals surface area contributed by atoms with E-state index >= 15 is 0 Å². The molecular weight excluding hydrogens is 236 g/mol. The third kappa shape index (κ3) is 2.49. The number of rotatable bonds is 2. The normalized spacial score (nSPS) is 45.3. The first-order valence-corrected chi connectivity index (χ1v) is 10.0. The molecule has 0 spiro atoms. The lowest BCUT2D eigenvalue weighted by Gasteiger charge is -2.53. The number of fused-ring (bicyclic) bond motifs is 1. The van der Waals surface area contributed by atoms with Gasteiger partial charge in [0.25, 0.3) is 0 Å². The van der Waals surface area contributed by atoms with Gasteiger partial charge in [0.2, 0.25) is 0 Å². The van der Waals surface area contributed by atoms with Crippen LogP contribution in [0.1, 0.15) is 59.8 Å². The number of hydrogen-bond acceptors (Lipinski definition) is 0. The molecule has 18 heavy (non-hydrogen) atoms. The van der Waals surface area contributed by atoms with Gasteiger partial charge >= 0.3 is 0 Å². The molecule has 1 unspecified atom stereocenters. The molecule has 0 aliphatic heterocycles. The first-order chi connectivity index (χ1) is 8.36. The minimum Gasteiger partial charge on any atom is -0.0625 e. The molecule has 0 radical (unpaired) electrons. The summed E-state index contributed by atoms with van der Waals surface area (Å²) in [5.41, 5.74) is 0.662. The van der Waals surface area contributed by atoms with Gasteiger partial charge in [-0.05, 0) is 66.7 Å². The molecular formula is C17H33S+. The summed E-state index contributed by atoms with van der Waals surface area (Å²) in [5.74, 6) is 3.87. The molecule has 0 aromatic carbocycles. The molecule has 0 nitrogen and oxygen atoms in total. The Morgan fingerprint density at radius 2 is 1.78 bits per heavy atom. The van der Waals surface area contributed by atoms with Crippen molar-refractivity contribution in [2.24, 2.45) is 29.1 Å². The summed E-state index contributed by atoms with van der Waals surface area (Å²) in [4.78, 5) is 0. The second kappa shape index (κ2) is 5.38. The maximum atomic E-state index is 2.64. The van der Waals surface area contributed by atoms with E-state index in [1.54, 1.807) is 0 Å². The van der Waals surface area contributed by atoms with Crippen molar-refractivity contribution in [3.05, 3.63) is 0 Å². The molecule has 2 aliphatic rings. The Bertz CT molecular complexity index is 283. The van der Waals surface area contributed by atoms with Gasteiger partial charge in [-0.2, -0.15) is 0 Å². The van der Waals surface area contributed by atoms with Crippen molar-refractivity contribution < 1.29 is 0 Å². The molecule has 0 aromatic heterocycles. The van der Waals surface area contributed by atoms with Gasteiger partial charge in [0.05, 0.1) is 12.5 Å². The van der Waals surface area contributed by atoms with Crippen molar-refractivity contribution in [3.63, 3.8) is 0 Å². The standard InChI is InChI=1S/C17H33S/c1-12(2)14-9-10-17(4)15(11-14)13(3)7-8-16(17)18(5)6/h12-16H,7-11H2,1-6H3/q+1/t13-,14+,15-,16?,17+/m0/s1. The van der Waals surface area contributed by atoms with Gasteiger partial charge < -0.3 is 0 Å². The van der Waals surface area contributed by atoms with Crippen LogP contribution in [0.25, 0.3) is 0 Å². The molecule has 2 aliphatic carbocycles. The maximum absolute atomic E-state index is 2.64. The van der Waals surface area contributed by atoms with E-state index in [1.807, 2.05) is 0 Å². The van der Waals surface area contributed by atoms with E-state index < -0.39 is 0 Å². The monoisotopic (exact) mass is 269 g/mol. The smallest absolute Gasteiger partial charge is 0.0625 e. The van der Waals surface area contributed by atoms with Crippen LogP contribution in [0.3, 0.4) is 0 Å².